The lowest BCUT2D eigenvalue weighted by Gasteiger charge is -2.18. The van der Waals surface area contributed by atoms with Crippen molar-refractivity contribution in [3.05, 3.63) is 112 Å². The Labute approximate surface area is 209 Å². The summed E-state index contributed by atoms with van der Waals surface area (Å²) < 4.78 is 5.79. The summed E-state index contributed by atoms with van der Waals surface area (Å²) in [7, 11) is 0. The maximum absolute atomic E-state index is 12.9. The van der Waals surface area contributed by atoms with E-state index in [1.54, 1.807) is 25.1 Å². The first-order chi connectivity index (χ1) is 16.9. The molecule has 0 saturated heterocycles. The molecule has 2 aromatic carbocycles. The molecule has 1 aliphatic rings. The van der Waals surface area contributed by atoms with E-state index in [0.717, 1.165) is 31.4 Å². The Morgan fingerprint density at radius 3 is 1.91 bits per heavy atom. The van der Waals surface area contributed by atoms with Crippen LogP contribution in [0.1, 0.15) is 80.5 Å². The number of ketones is 2. The van der Waals surface area contributed by atoms with Gasteiger partial charge in [0.2, 0.25) is 0 Å². The van der Waals surface area contributed by atoms with Crippen molar-refractivity contribution in [3.63, 3.8) is 0 Å². The molecule has 0 unspecified atom stereocenters. The number of Topliss-reactive ketones (excluding diaryl/α,β-unsaturated/α-hetero) is 2. The van der Waals surface area contributed by atoms with Crippen LogP contribution < -0.4 is 4.74 Å². The molecule has 35 heavy (non-hydrogen) atoms. The normalized spacial score (nSPS) is 14.9. The van der Waals surface area contributed by atoms with Gasteiger partial charge in [-0.25, -0.2) is 0 Å². The third kappa shape index (κ3) is 7.51. The van der Waals surface area contributed by atoms with E-state index in [2.05, 4.69) is 39.0 Å². The Kier molecular flexibility index (Phi) is 9.60. The number of hydrogen-bond donors (Lipinski definition) is 0. The monoisotopic (exact) mass is 468 g/mol. The minimum atomic E-state index is -0.0317. The molecule has 3 heteroatoms. The number of benzene rings is 2. The molecular weight excluding hydrogens is 432 g/mol. The van der Waals surface area contributed by atoms with Crippen LogP contribution in [0.3, 0.4) is 0 Å². The summed E-state index contributed by atoms with van der Waals surface area (Å²) in [6.07, 6.45) is 11.1. The highest BCUT2D eigenvalue weighted by Crippen LogP contribution is 2.28. The Morgan fingerprint density at radius 1 is 0.714 bits per heavy atom. The molecular formula is C32H36O3. The molecule has 0 aliphatic heterocycles. The van der Waals surface area contributed by atoms with Gasteiger partial charge < -0.3 is 4.74 Å². The van der Waals surface area contributed by atoms with Gasteiger partial charge in [-0.05, 0) is 77.5 Å². The van der Waals surface area contributed by atoms with Crippen LogP contribution in [0.25, 0.3) is 0 Å². The SMILES string of the molecule is CC1=C(C/C=C(\C)CC/C=C(\C)CC/C=C(\C)COc2ccccc2)C(=O)c2ccccc2C1=O. The first-order valence-electron chi connectivity index (χ1n) is 12.4. The Hall–Kier alpha value is -3.46. The number of hydrogen-bond acceptors (Lipinski definition) is 3. The second-order valence-electron chi connectivity index (χ2n) is 9.34. The molecule has 0 amide bonds. The summed E-state index contributed by atoms with van der Waals surface area (Å²) >= 11 is 0. The van der Waals surface area contributed by atoms with Gasteiger partial charge in [-0.3, -0.25) is 9.59 Å². The van der Waals surface area contributed by atoms with Crippen molar-refractivity contribution in [2.45, 2.75) is 59.8 Å². The smallest absolute Gasteiger partial charge is 0.190 e. The van der Waals surface area contributed by atoms with Gasteiger partial charge in [0.15, 0.2) is 11.6 Å². The molecule has 0 spiro atoms. The van der Waals surface area contributed by atoms with Crippen LogP contribution in [0.2, 0.25) is 0 Å². The fourth-order valence-corrected chi connectivity index (χ4v) is 4.14. The average Bonchev–Trinajstić information content (AvgIpc) is 2.86. The molecule has 3 nitrogen and oxygen atoms in total. The van der Waals surface area contributed by atoms with Gasteiger partial charge in [0.05, 0.1) is 0 Å². The lowest BCUT2D eigenvalue weighted by molar-refractivity contribution is 0.0973. The number of fused-ring (bicyclic) bond motifs is 1. The van der Waals surface area contributed by atoms with Gasteiger partial charge in [-0.1, -0.05) is 71.8 Å². The Balaban J connectivity index is 1.43. The van der Waals surface area contributed by atoms with Gasteiger partial charge in [0.1, 0.15) is 12.4 Å². The first kappa shape index (κ1) is 26.2. The molecule has 0 atom stereocenters. The molecule has 182 valence electrons. The van der Waals surface area contributed by atoms with Crippen LogP contribution in [0, 0.1) is 0 Å². The van der Waals surface area contributed by atoms with E-state index in [1.165, 1.54) is 16.7 Å². The zero-order chi connectivity index (χ0) is 25.2. The first-order valence-corrected chi connectivity index (χ1v) is 12.4. The molecule has 0 heterocycles. The largest absolute Gasteiger partial charge is 0.489 e. The van der Waals surface area contributed by atoms with Crippen molar-refractivity contribution in [2.24, 2.45) is 0 Å². The second-order valence-corrected chi connectivity index (χ2v) is 9.34. The van der Waals surface area contributed by atoms with Crippen molar-refractivity contribution in [2.75, 3.05) is 6.61 Å². The quantitative estimate of drug-likeness (QED) is 0.312. The van der Waals surface area contributed by atoms with Crippen molar-refractivity contribution < 1.29 is 14.3 Å². The summed E-state index contributed by atoms with van der Waals surface area (Å²) in [5.41, 5.74) is 6.11. The standard InChI is InChI=1S/C32H36O3/c1-23(13-11-15-25(3)22-35-27-16-6-5-7-17-27)12-10-14-24(2)20-21-28-26(4)31(33)29-18-8-9-19-30(29)32(28)34/h5-9,12,15-20H,10-11,13-14,21-22H2,1-4H3/b23-12+,24-20+,25-15+. The highest BCUT2D eigenvalue weighted by molar-refractivity contribution is 6.26. The summed E-state index contributed by atoms with van der Waals surface area (Å²) in [4.78, 5) is 25.5. The summed E-state index contributed by atoms with van der Waals surface area (Å²) in [6, 6.07) is 17.0. The molecule has 0 fully saturated rings. The minimum absolute atomic E-state index is 0.0185. The fraction of sp³-hybridized carbons (Fsp3) is 0.312. The van der Waals surface area contributed by atoms with E-state index in [-0.39, 0.29) is 11.6 Å². The van der Waals surface area contributed by atoms with Gasteiger partial charge in [0.25, 0.3) is 0 Å². The highest BCUT2D eigenvalue weighted by Gasteiger charge is 2.28. The summed E-state index contributed by atoms with van der Waals surface area (Å²) in [5, 5.41) is 0. The fourth-order valence-electron chi connectivity index (χ4n) is 4.14. The van der Waals surface area contributed by atoms with Crippen LogP contribution in [0.5, 0.6) is 5.75 Å². The van der Waals surface area contributed by atoms with Crippen molar-refractivity contribution in [3.8, 4) is 5.75 Å². The Morgan fingerprint density at radius 2 is 1.26 bits per heavy atom. The molecule has 0 bridgehead atoms. The molecule has 0 saturated carbocycles. The minimum Gasteiger partial charge on any atom is -0.489 e. The maximum Gasteiger partial charge on any atom is 0.190 e. The molecule has 3 rings (SSSR count). The van der Waals surface area contributed by atoms with Crippen LogP contribution in [0.4, 0.5) is 0 Å². The third-order valence-corrected chi connectivity index (χ3v) is 6.41. The number of ether oxygens (including phenoxy) is 1. The van der Waals surface area contributed by atoms with Crippen LogP contribution in [0.15, 0.2) is 101 Å². The summed E-state index contributed by atoms with van der Waals surface area (Å²) in [5.74, 6) is 0.848. The average molecular weight is 469 g/mol. The number of para-hydroxylation sites is 1. The zero-order valence-electron chi connectivity index (χ0n) is 21.4. The highest BCUT2D eigenvalue weighted by atomic mass is 16.5. The molecule has 2 aromatic rings. The number of rotatable bonds is 11. The lowest BCUT2D eigenvalue weighted by Crippen LogP contribution is -2.20. The van der Waals surface area contributed by atoms with Gasteiger partial charge in [-0.2, -0.15) is 0 Å². The van der Waals surface area contributed by atoms with Crippen molar-refractivity contribution in [1.29, 1.82) is 0 Å². The van der Waals surface area contributed by atoms with E-state index in [4.69, 9.17) is 4.74 Å². The van der Waals surface area contributed by atoms with E-state index < -0.39 is 0 Å². The number of carbonyl (C=O) groups excluding carboxylic acids is 2. The van der Waals surface area contributed by atoms with E-state index in [1.807, 2.05) is 36.4 Å². The Bertz CT molecular complexity index is 1180. The van der Waals surface area contributed by atoms with Gasteiger partial charge in [-0.15, -0.1) is 0 Å². The summed E-state index contributed by atoms with van der Waals surface area (Å²) in [6.45, 7) is 8.77. The maximum atomic E-state index is 12.9. The predicted octanol–water partition coefficient (Wildman–Crippen LogP) is 8.25. The number of allylic oxidation sites excluding steroid dienone is 7. The zero-order valence-corrected chi connectivity index (χ0v) is 21.4. The topological polar surface area (TPSA) is 43.4 Å². The number of carbonyl (C=O) groups is 2. The van der Waals surface area contributed by atoms with Crippen LogP contribution in [-0.2, 0) is 0 Å². The van der Waals surface area contributed by atoms with Crippen molar-refractivity contribution >= 4 is 11.6 Å². The second kappa shape index (κ2) is 12.9. The van der Waals surface area contributed by atoms with Crippen LogP contribution in [-0.4, -0.2) is 18.2 Å². The van der Waals surface area contributed by atoms with E-state index >= 15 is 0 Å². The van der Waals surface area contributed by atoms with E-state index in [0.29, 0.717) is 35.3 Å². The van der Waals surface area contributed by atoms with Gasteiger partial charge >= 0.3 is 0 Å². The van der Waals surface area contributed by atoms with Crippen LogP contribution >= 0.6 is 0 Å². The molecule has 0 N–H and O–H groups in total. The van der Waals surface area contributed by atoms with E-state index in [9.17, 15) is 9.59 Å². The molecule has 0 aromatic heterocycles. The predicted molar refractivity (Wildman–Crippen MR) is 144 cm³/mol. The van der Waals surface area contributed by atoms with Gasteiger partial charge in [0, 0.05) is 22.3 Å². The third-order valence-electron chi connectivity index (χ3n) is 6.41. The molecule has 1 aliphatic carbocycles. The van der Waals surface area contributed by atoms with Crippen molar-refractivity contribution in [1.82, 2.24) is 0 Å². The molecule has 0 radical (unpaired) electrons. The lowest BCUT2D eigenvalue weighted by atomic mass is 9.83.